The molecule has 12 amide bonds. The second kappa shape index (κ2) is 50.2. The van der Waals surface area contributed by atoms with E-state index in [2.05, 4.69) is 80.3 Å². The lowest BCUT2D eigenvalue weighted by molar-refractivity contribution is -0.140. The molecule has 712 valence electrons. The maximum absolute atomic E-state index is 14.8. The second-order valence-corrected chi connectivity index (χ2v) is 33.6. The third-order valence-electron chi connectivity index (χ3n) is 23.7. The van der Waals surface area contributed by atoms with Crippen molar-refractivity contribution in [2.24, 2.45) is 34.6 Å². The van der Waals surface area contributed by atoms with Gasteiger partial charge in [0.15, 0.2) is 5.96 Å². The number of phenols is 1. The summed E-state index contributed by atoms with van der Waals surface area (Å²) in [4.78, 5) is 227. The average Bonchev–Trinajstić information content (AvgIpc) is 1.58. The lowest BCUT2D eigenvalue weighted by Gasteiger charge is -2.29. The zero-order chi connectivity index (χ0) is 95.9. The second-order valence-electron chi connectivity index (χ2n) is 33.6. The minimum Gasteiger partial charge on any atom is -0.508 e. The van der Waals surface area contributed by atoms with Crippen LogP contribution in [0.3, 0.4) is 0 Å². The number of nitrogens with one attached hydrogen (secondary N) is 15. The number of unbranched alkanes of at least 4 members (excludes halogenated alkanes) is 4. The molecule has 131 heavy (non-hydrogen) atoms. The number of rotatable bonds is 51. The van der Waals surface area contributed by atoms with Crippen LogP contribution in [-0.4, -0.2) is 244 Å². The van der Waals surface area contributed by atoms with Crippen LogP contribution in [0.4, 0.5) is 0 Å². The van der Waals surface area contributed by atoms with Crippen LogP contribution in [0.5, 0.6) is 5.75 Å². The summed E-state index contributed by atoms with van der Waals surface area (Å²) in [6.07, 6.45) is 5.38. The molecule has 1 fully saturated rings. The van der Waals surface area contributed by atoms with E-state index in [4.69, 9.17) is 53.9 Å². The van der Waals surface area contributed by atoms with Crippen LogP contribution in [-0.2, 0) is 73.5 Å². The number of benzene rings is 1. The number of aromatic nitrogens is 4. The predicted octanol–water partition coefficient (Wildman–Crippen LogP) is 1.21. The van der Waals surface area contributed by atoms with E-state index < -0.39 is 181 Å². The van der Waals surface area contributed by atoms with Crippen LogP contribution in [0.2, 0.25) is 0 Å². The number of aromatic hydroxyl groups is 1. The van der Waals surface area contributed by atoms with E-state index in [0.29, 0.717) is 91.3 Å². The van der Waals surface area contributed by atoms with E-state index in [-0.39, 0.29) is 144 Å². The van der Waals surface area contributed by atoms with Crippen molar-refractivity contribution in [3.63, 3.8) is 0 Å². The molecule has 41 heteroatoms. The van der Waals surface area contributed by atoms with Crippen LogP contribution in [0.1, 0.15) is 234 Å². The normalized spacial score (nSPS) is 16.1. The number of nitrogens with zero attached hydrogens (tertiary/aromatic N) is 3. The molecule has 0 saturated carbocycles. The monoisotopic (exact) mass is 1820 g/mol. The number of ether oxygens (including phenoxy) is 1. The molecule has 4 aliphatic heterocycles. The summed E-state index contributed by atoms with van der Waals surface area (Å²) in [5, 5.41) is 58.2. The molecule has 41 nitrogen and oxygen atoms in total. The van der Waals surface area contributed by atoms with Gasteiger partial charge in [-0.3, -0.25) is 72.7 Å². The number of esters is 2. The number of aliphatic carboxylic acids is 1. The topological polar surface area (TPSA) is 665 Å². The Hall–Kier alpha value is -13.0. The van der Waals surface area contributed by atoms with Gasteiger partial charge in [0.05, 0.1) is 47.8 Å². The first-order chi connectivity index (χ1) is 62.5. The molecule has 7 heterocycles. The van der Waals surface area contributed by atoms with E-state index in [0.717, 1.165) is 33.5 Å². The standard InChI is InChI=1S/C90H129N23O18/c1-9-54-48(5)62-40-64-50(7)56(78(105-64)76-79-75(88(129)131-89(76)130)51(8)65(106-79)42-67-55(10-2)49(6)63(103-67)41-66(54)102-62)31-32-70(115)98-44-72(117)104-68(39-52-27-29-53(114)30-28-52)80(121)101-45-73(118)113-38-20-26-69(113)86(127)111-59(23-13-17-35-93)83(124)108-57(21-11-15-33-91)81(122)107-58(22-12-16-34-92)82(123)110-61(25-19-37-97-90(95)96)84(125)109-60(24-14-18-36-94)85(126)112-77(47(3)4)87(128)100-43-71(116)99-46-74(119)120/h9,27-30,40-42,47,50,56-61,68-69,77,102,106,114H,1,10-26,31-39,43-46,91-94H2,2-8H3,(H,98,115)(H,99,116)(H,100,128)(H,101,121)(H,104,117)(H,107,122)(H,108,124)(H,109,125)(H,110,123)(H,111,127)(H,112,126)(H,119,120)(H4,95,96,97)/t50?,56?,57-,58-,59-,60-,61-,68-,69-,77-/m0/s1. The molecule has 27 N–H and O–H groups in total. The fourth-order valence-electron chi connectivity index (χ4n) is 16.3. The number of phenolic OH excluding ortho intramolecular Hbond substituents is 1. The highest BCUT2D eigenvalue weighted by atomic mass is 16.6. The summed E-state index contributed by atoms with van der Waals surface area (Å²) >= 11 is 0. The Morgan fingerprint density at radius 3 is 1.65 bits per heavy atom. The molecule has 1 aromatic carbocycles. The maximum atomic E-state index is 14.8. The number of allylic oxidation sites excluding steroid dienone is 2. The Bertz CT molecular complexity index is 5080. The van der Waals surface area contributed by atoms with E-state index in [9.17, 15) is 77.0 Å². The highest BCUT2D eigenvalue weighted by Gasteiger charge is 2.42. The number of guanidine groups is 1. The van der Waals surface area contributed by atoms with Gasteiger partial charge in [0.2, 0.25) is 70.9 Å². The molecule has 0 spiro atoms. The Morgan fingerprint density at radius 2 is 1.11 bits per heavy atom. The van der Waals surface area contributed by atoms with Gasteiger partial charge >= 0.3 is 17.9 Å². The van der Waals surface area contributed by atoms with Gasteiger partial charge < -0.3 is 122 Å². The van der Waals surface area contributed by atoms with Crippen molar-refractivity contribution in [3.8, 4) is 5.75 Å². The SMILES string of the molecule is C=Cc1c(C)c2cc3nc(c4c5[nH]c(cc6nc(cc1[nH]2)C(C)=C6CC)c(C)c5C(=O)OC4=O)C(CCC(=O)NCC(=O)N[C@@H](Cc1ccc(O)cc1)C(=O)NCC(=O)N1CCC[C@H]1C(=O)N[C@@H](CCCCN)C(=O)N[C@@H](CCCCN)C(=O)N[C@@H](CCCCN)C(=O)N[C@@H](CCCNC(=N)N)C(=O)N[C@@H](CCCCN)C(=O)N[C@H](C(=O)NCC(=O)NCC(=O)O)C(C)C)C3C. The van der Waals surface area contributed by atoms with Crippen LogP contribution in [0, 0.1) is 25.2 Å². The Balaban J connectivity index is 0.936. The third-order valence-corrected chi connectivity index (χ3v) is 23.7. The van der Waals surface area contributed by atoms with Gasteiger partial charge in [0, 0.05) is 65.6 Å². The van der Waals surface area contributed by atoms with Gasteiger partial charge in [0.25, 0.3) is 0 Å². The number of aromatic amines is 2. The molecule has 4 aliphatic rings. The van der Waals surface area contributed by atoms with Crippen molar-refractivity contribution in [1.82, 2.24) is 88.6 Å². The number of likely N-dealkylation sites (tertiary alicyclic amines) is 1. The summed E-state index contributed by atoms with van der Waals surface area (Å²) in [6.45, 7) is 15.3. The number of carboxylic acid groups (broad SMARTS) is 1. The number of hydrogen-bond donors (Lipinski definition) is 22. The molecule has 2 unspecified atom stereocenters. The largest absolute Gasteiger partial charge is 0.508 e. The lowest BCUT2D eigenvalue weighted by Crippen LogP contribution is -2.60. The molecule has 10 atom stereocenters. The summed E-state index contributed by atoms with van der Waals surface area (Å²) in [6, 6.07) is 0.870. The minimum absolute atomic E-state index is 0.00624. The van der Waals surface area contributed by atoms with Gasteiger partial charge in [-0.05, 0) is 227 Å². The fraction of sp³-hybridized carbons (Fsp3) is 0.533. The van der Waals surface area contributed by atoms with E-state index >= 15 is 0 Å². The summed E-state index contributed by atoms with van der Waals surface area (Å²) in [5.74, 6) is -14.6. The number of carbonyl (C=O) groups is 15. The number of carboxylic acids is 1. The maximum Gasteiger partial charge on any atom is 0.350 e. The number of cyclic esters (lactones) is 2. The molecule has 8 bridgehead atoms. The number of amides is 12. The van der Waals surface area contributed by atoms with Gasteiger partial charge in [-0.15, -0.1) is 0 Å². The number of aryl methyl sites for hydroxylation is 2. The Morgan fingerprint density at radius 1 is 0.588 bits per heavy atom. The van der Waals surface area contributed by atoms with Gasteiger partial charge in [-0.2, -0.15) is 0 Å². The molecule has 3 aromatic heterocycles. The highest BCUT2D eigenvalue weighted by Crippen LogP contribution is 2.44. The van der Waals surface area contributed by atoms with Crippen molar-refractivity contribution >= 4 is 134 Å². The first-order valence-electron chi connectivity index (χ1n) is 44.8. The number of nitrogens with two attached hydrogens (primary N) is 5. The van der Waals surface area contributed by atoms with Crippen molar-refractivity contribution in [2.75, 3.05) is 65.4 Å². The highest BCUT2D eigenvalue weighted by molar-refractivity contribution is 6.18. The van der Waals surface area contributed by atoms with E-state index in [1.54, 1.807) is 26.8 Å². The van der Waals surface area contributed by atoms with Gasteiger partial charge in [0.1, 0.15) is 66.2 Å². The molecular weight excluding hydrogens is 1690 g/mol. The summed E-state index contributed by atoms with van der Waals surface area (Å²) in [5.41, 5.74) is 38.4. The van der Waals surface area contributed by atoms with Crippen molar-refractivity contribution in [2.45, 2.75) is 237 Å². The molecule has 0 aliphatic carbocycles. The van der Waals surface area contributed by atoms with Crippen molar-refractivity contribution in [3.05, 3.63) is 105 Å². The van der Waals surface area contributed by atoms with Crippen LogP contribution >= 0.6 is 0 Å². The molecule has 8 rings (SSSR count). The van der Waals surface area contributed by atoms with Gasteiger partial charge in [-0.25, -0.2) is 14.6 Å². The minimum atomic E-state index is -1.42. The van der Waals surface area contributed by atoms with Crippen LogP contribution < -0.4 is 92.5 Å². The Labute approximate surface area is 759 Å². The number of hydrogen-bond acceptors (Lipinski definition) is 24. The molecule has 0 radical (unpaired) electrons. The van der Waals surface area contributed by atoms with Crippen LogP contribution in [0.15, 0.2) is 49.0 Å². The first-order valence-corrected chi connectivity index (χ1v) is 44.8. The van der Waals surface area contributed by atoms with Crippen molar-refractivity contribution in [1.29, 1.82) is 5.41 Å². The number of fused-ring (bicyclic) bond motifs is 8. The van der Waals surface area contributed by atoms with E-state index in [1.807, 2.05) is 45.9 Å². The predicted molar refractivity (Wildman–Crippen MR) is 489 cm³/mol. The fourth-order valence-corrected chi connectivity index (χ4v) is 16.3. The van der Waals surface area contributed by atoms with Gasteiger partial charge in [-0.1, -0.05) is 52.5 Å². The zero-order valence-electron chi connectivity index (χ0n) is 75.5. The van der Waals surface area contributed by atoms with Crippen molar-refractivity contribution < 1.29 is 86.9 Å². The van der Waals surface area contributed by atoms with Crippen LogP contribution in [0.25, 0.3) is 39.3 Å². The Kier molecular flexibility index (Phi) is 39.6. The number of carbonyl (C=O) groups excluding carboxylic acids is 14. The zero-order valence-corrected chi connectivity index (χ0v) is 75.5. The quantitative estimate of drug-likeness (QED) is 0.00971. The van der Waals surface area contributed by atoms with E-state index in [1.165, 1.54) is 29.2 Å². The average molecular weight is 1820 g/mol. The molecular formula is C90H129N23O18. The lowest BCUT2D eigenvalue weighted by atomic mass is 9.85. The third kappa shape index (κ3) is 29.0. The molecule has 1 saturated heterocycles. The number of H-pyrrole nitrogens is 2. The smallest absolute Gasteiger partial charge is 0.350 e. The summed E-state index contributed by atoms with van der Waals surface area (Å²) < 4.78 is 5.45. The first kappa shape index (κ1) is 103. The molecule has 4 aromatic rings. The summed E-state index contributed by atoms with van der Waals surface area (Å²) in [7, 11) is 0.